The lowest BCUT2D eigenvalue weighted by molar-refractivity contribution is -0.137. The molecule has 4 atom stereocenters. The molecule has 0 aliphatic carbocycles. The summed E-state index contributed by atoms with van der Waals surface area (Å²) in [5, 5.41) is 3.07. The van der Waals surface area contributed by atoms with Gasteiger partial charge in [-0.1, -0.05) is 30.3 Å². The lowest BCUT2D eigenvalue weighted by Gasteiger charge is -2.48. The summed E-state index contributed by atoms with van der Waals surface area (Å²) in [6.07, 6.45) is 3.72. The van der Waals surface area contributed by atoms with Gasteiger partial charge in [-0.3, -0.25) is 14.6 Å². The Morgan fingerprint density at radius 3 is 2.26 bits per heavy atom. The average Bonchev–Trinajstić information content (AvgIpc) is 3.12. The van der Waals surface area contributed by atoms with Crippen molar-refractivity contribution < 1.29 is 19.1 Å². The number of nitrogens with one attached hydrogen (secondary N) is 1. The second-order valence-corrected chi connectivity index (χ2v) is 11.6. The fourth-order valence-corrected chi connectivity index (χ4v) is 6.35. The van der Waals surface area contributed by atoms with Crippen molar-refractivity contribution in [3.63, 3.8) is 0 Å². The molecule has 35 heavy (non-hydrogen) atoms. The Morgan fingerprint density at radius 2 is 1.71 bits per heavy atom. The zero-order valence-electron chi connectivity index (χ0n) is 21.9. The summed E-state index contributed by atoms with van der Waals surface area (Å²) in [7, 11) is 1.61. The van der Waals surface area contributed by atoms with Gasteiger partial charge in [0.25, 0.3) is 5.91 Å². The second kappa shape index (κ2) is 9.45. The number of likely N-dealkylation sites (N-methyl/N-ethyl adjacent to an activating group) is 1. The number of imide groups is 1. The smallest absolute Gasteiger partial charge is 0.408 e. The number of alkyl carbamates (subject to hydrolysis) is 1. The van der Waals surface area contributed by atoms with Crippen LogP contribution in [0.5, 0.6) is 0 Å². The SMILES string of the molecule is CC(C)N1C(=O)N(C)C(=O)C12CC1CC[C@H](C2)N1CC[C@H](NC(=O)OC(C)(C)C)c1ccccc1. The van der Waals surface area contributed by atoms with Crippen LogP contribution in [0.4, 0.5) is 9.59 Å². The Hall–Kier alpha value is -2.61. The topological polar surface area (TPSA) is 82.2 Å². The first-order valence-corrected chi connectivity index (χ1v) is 12.8. The van der Waals surface area contributed by atoms with Gasteiger partial charge in [-0.15, -0.1) is 0 Å². The molecule has 1 aromatic carbocycles. The van der Waals surface area contributed by atoms with E-state index in [-0.39, 0.29) is 36.1 Å². The molecule has 0 radical (unpaired) electrons. The molecule has 3 aliphatic rings. The number of carbonyl (C=O) groups excluding carboxylic acids is 3. The van der Waals surface area contributed by atoms with Crippen molar-refractivity contribution in [3.8, 4) is 0 Å². The highest BCUT2D eigenvalue weighted by molar-refractivity contribution is 6.07. The van der Waals surface area contributed by atoms with Crippen LogP contribution >= 0.6 is 0 Å². The number of fused-ring (bicyclic) bond motifs is 2. The van der Waals surface area contributed by atoms with E-state index in [1.165, 1.54) is 4.90 Å². The van der Waals surface area contributed by atoms with Crippen molar-refractivity contribution in [2.24, 2.45) is 0 Å². The van der Waals surface area contributed by atoms with E-state index in [0.717, 1.165) is 31.4 Å². The maximum Gasteiger partial charge on any atom is 0.408 e. The van der Waals surface area contributed by atoms with E-state index < -0.39 is 17.2 Å². The van der Waals surface area contributed by atoms with E-state index >= 15 is 0 Å². The van der Waals surface area contributed by atoms with Gasteiger partial charge in [-0.25, -0.2) is 9.59 Å². The summed E-state index contributed by atoms with van der Waals surface area (Å²) in [6.45, 7) is 10.4. The van der Waals surface area contributed by atoms with Crippen molar-refractivity contribution >= 4 is 18.0 Å². The molecule has 8 heteroatoms. The van der Waals surface area contributed by atoms with Gasteiger partial charge in [0.15, 0.2) is 0 Å². The molecular formula is C27H40N4O4. The highest BCUT2D eigenvalue weighted by Gasteiger charge is 2.62. The minimum atomic E-state index is -0.726. The highest BCUT2D eigenvalue weighted by Crippen LogP contribution is 2.48. The number of carbonyl (C=O) groups is 3. The van der Waals surface area contributed by atoms with Crippen LogP contribution in [0, 0.1) is 0 Å². The predicted molar refractivity (Wildman–Crippen MR) is 134 cm³/mol. The van der Waals surface area contributed by atoms with Crippen LogP contribution in [0.25, 0.3) is 0 Å². The number of benzene rings is 1. The molecule has 192 valence electrons. The van der Waals surface area contributed by atoms with Crippen LogP contribution in [-0.4, -0.2) is 75.6 Å². The van der Waals surface area contributed by atoms with Gasteiger partial charge in [-0.05, 0) is 72.3 Å². The van der Waals surface area contributed by atoms with E-state index in [1.54, 1.807) is 7.05 Å². The number of rotatable bonds is 6. The van der Waals surface area contributed by atoms with Gasteiger partial charge in [0.2, 0.25) is 0 Å². The largest absolute Gasteiger partial charge is 0.444 e. The molecule has 1 N–H and O–H groups in total. The van der Waals surface area contributed by atoms with Crippen molar-refractivity contribution in [1.29, 1.82) is 0 Å². The van der Waals surface area contributed by atoms with Crippen molar-refractivity contribution in [3.05, 3.63) is 35.9 Å². The Morgan fingerprint density at radius 1 is 1.11 bits per heavy atom. The van der Waals surface area contributed by atoms with Crippen LogP contribution in [0.2, 0.25) is 0 Å². The highest BCUT2D eigenvalue weighted by atomic mass is 16.6. The third kappa shape index (κ3) is 4.90. The van der Waals surface area contributed by atoms with Gasteiger partial charge in [-0.2, -0.15) is 0 Å². The molecule has 4 amide bonds. The van der Waals surface area contributed by atoms with E-state index in [4.69, 9.17) is 4.74 Å². The second-order valence-electron chi connectivity index (χ2n) is 11.6. The summed E-state index contributed by atoms with van der Waals surface area (Å²) in [6, 6.07) is 10.1. The molecule has 8 nitrogen and oxygen atoms in total. The van der Waals surface area contributed by atoms with Crippen LogP contribution in [0.15, 0.2) is 30.3 Å². The Bertz CT molecular complexity index is 944. The molecule has 2 bridgehead atoms. The zero-order chi connectivity index (χ0) is 25.5. The minimum absolute atomic E-state index is 0.0251. The molecular weight excluding hydrogens is 444 g/mol. The van der Waals surface area contributed by atoms with E-state index in [2.05, 4.69) is 10.2 Å². The fourth-order valence-electron chi connectivity index (χ4n) is 6.35. The quantitative estimate of drug-likeness (QED) is 0.609. The van der Waals surface area contributed by atoms with Crippen molar-refractivity contribution in [1.82, 2.24) is 20.0 Å². The molecule has 0 aromatic heterocycles. The summed E-state index contributed by atoms with van der Waals surface area (Å²) in [5.74, 6) is -0.0542. The molecule has 3 aliphatic heterocycles. The maximum atomic E-state index is 13.3. The van der Waals surface area contributed by atoms with Gasteiger partial charge < -0.3 is 15.0 Å². The van der Waals surface area contributed by atoms with Crippen LogP contribution in [0.3, 0.4) is 0 Å². The van der Waals surface area contributed by atoms with Gasteiger partial charge in [0, 0.05) is 31.7 Å². The fraction of sp³-hybridized carbons (Fsp3) is 0.667. The maximum absolute atomic E-state index is 13.3. The first-order valence-electron chi connectivity index (χ1n) is 12.8. The monoisotopic (exact) mass is 484 g/mol. The molecule has 2 unspecified atom stereocenters. The third-order valence-electron chi connectivity index (χ3n) is 7.66. The Labute approximate surface area is 209 Å². The lowest BCUT2D eigenvalue weighted by Crippen LogP contribution is -2.61. The summed E-state index contributed by atoms with van der Waals surface area (Å²) >= 11 is 0. The number of nitrogens with zero attached hydrogens (tertiary/aromatic N) is 3. The van der Waals surface area contributed by atoms with Crippen LogP contribution in [-0.2, 0) is 9.53 Å². The Kier molecular flexibility index (Phi) is 6.88. The number of urea groups is 1. The van der Waals surface area contributed by atoms with Gasteiger partial charge in [0.1, 0.15) is 11.1 Å². The van der Waals surface area contributed by atoms with Crippen LogP contribution in [0.1, 0.15) is 78.3 Å². The number of piperidine rings is 1. The molecule has 3 fully saturated rings. The number of hydrogen-bond donors (Lipinski definition) is 1. The van der Waals surface area contributed by atoms with E-state index in [9.17, 15) is 14.4 Å². The van der Waals surface area contributed by atoms with Crippen LogP contribution < -0.4 is 5.32 Å². The van der Waals surface area contributed by atoms with Crippen molar-refractivity contribution in [2.75, 3.05) is 13.6 Å². The minimum Gasteiger partial charge on any atom is -0.444 e. The molecule has 0 saturated carbocycles. The molecule has 3 heterocycles. The first-order chi connectivity index (χ1) is 16.4. The van der Waals surface area contributed by atoms with E-state index in [1.807, 2.05) is 69.9 Å². The number of amides is 4. The van der Waals surface area contributed by atoms with E-state index in [0.29, 0.717) is 12.8 Å². The summed E-state index contributed by atoms with van der Waals surface area (Å²) in [4.78, 5) is 44.4. The summed E-state index contributed by atoms with van der Waals surface area (Å²) in [5.41, 5.74) is -0.245. The first kappa shape index (κ1) is 25.5. The van der Waals surface area contributed by atoms with Gasteiger partial charge >= 0.3 is 12.1 Å². The zero-order valence-corrected chi connectivity index (χ0v) is 21.9. The predicted octanol–water partition coefficient (Wildman–Crippen LogP) is 4.31. The third-order valence-corrected chi connectivity index (χ3v) is 7.66. The molecule has 3 saturated heterocycles. The average molecular weight is 485 g/mol. The van der Waals surface area contributed by atoms with Crippen molar-refractivity contribution in [2.45, 2.75) is 102 Å². The normalized spacial score (nSPS) is 27.7. The summed E-state index contributed by atoms with van der Waals surface area (Å²) < 4.78 is 5.52. The molecule has 1 spiro atoms. The van der Waals surface area contributed by atoms with Gasteiger partial charge in [0.05, 0.1) is 6.04 Å². The molecule has 4 rings (SSSR count). The number of hydrogen-bond acceptors (Lipinski definition) is 5. The Balaban J connectivity index is 1.48. The lowest BCUT2D eigenvalue weighted by atomic mass is 9.80. The number of ether oxygens (including phenoxy) is 1. The standard InChI is InChI=1S/C27H40N4O4/c1-18(2)31-25(34)29(6)23(32)27(31)16-20-12-13-21(17-27)30(20)15-14-22(19-10-8-7-9-11-19)28-24(33)35-26(3,4)5/h7-11,18,20-22H,12-17H2,1-6H3,(H,28,33)/t20-,21?,22+,27?/m1/s1. The molecule has 1 aromatic rings.